The van der Waals surface area contributed by atoms with Crippen molar-refractivity contribution in [1.82, 2.24) is 14.3 Å². The molecule has 0 radical (unpaired) electrons. The Morgan fingerprint density at radius 1 is 1.48 bits per heavy atom. The largest absolute Gasteiger partial charge is 0.480 e. The summed E-state index contributed by atoms with van der Waals surface area (Å²) in [5.41, 5.74) is 0.908. The van der Waals surface area contributed by atoms with E-state index in [9.17, 15) is 9.59 Å². The fourth-order valence-corrected chi connectivity index (χ4v) is 4.15. The highest BCUT2D eigenvalue weighted by molar-refractivity contribution is 7.21. The summed E-state index contributed by atoms with van der Waals surface area (Å²) in [7, 11) is 0. The molecule has 0 bridgehead atoms. The van der Waals surface area contributed by atoms with Crippen molar-refractivity contribution in [1.29, 1.82) is 0 Å². The van der Waals surface area contributed by atoms with Crippen molar-refractivity contribution in [2.24, 2.45) is 0 Å². The molecule has 3 aromatic heterocycles. The van der Waals surface area contributed by atoms with Crippen LogP contribution in [0.5, 0.6) is 0 Å². The monoisotopic (exact) mass is 321 g/mol. The highest BCUT2D eigenvalue weighted by Crippen LogP contribution is 2.32. The molecule has 0 spiro atoms. The molecule has 1 aliphatic rings. The SMILES string of the molecule is O=C(O)CN(C(=O)c1cc2c(nc3sccn32)s1)C1CC1. The van der Waals surface area contributed by atoms with Crippen molar-refractivity contribution in [3.8, 4) is 0 Å². The molecule has 1 fully saturated rings. The lowest BCUT2D eigenvalue weighted by Gasteiger charge is -2.18. The number of hydrogen-bond donors (Lipinski definition) is 1. The van der Waals surface area contributed by atoms with Crippen molar-refractivity contribution in [2.75, 3.05) is 6.54 Å². The molecular formula is C13H11N3O3S2. The maximum atomic E-state index is 12.5. The van der Waals surface area contributed by atoms with Crippen molar-refractivity contribution in [3.05, 3.63) is 22.5 Å². The van der Waals surface area contributed by atoms with Crippen LogP contribution in [0.1, 0.15) is 22.5 Å². The van der Waals surface area contributed by atoms with E-state index in [1.54, 1.807) is 11.3 Å². The van der Waals surface area contributed by atoms with Crippen molar-refractivity contribution in [3.63, 3.8) is 0 Å². The Balaban J connectivity index is 1.71. The van der Waals surface area contributed by atoms with E-state index in [1.165, 1.54) is 16.2 Å². The number of thiazole rings is 1. The minimum Gasteiger partial charge on any atom is -0.480 e. The van der Waals surface area contributed by atoms with Crippen LogP contribution in [0.15, 0.2) is 17.6 Å². The lowest BCUT2D eigenvalue weighted by molar-refractivity contribution is -0.137. The average Bonchev–Trinajstić information content (AvgIpc) is 2.89. The van der Waals surface area contributed by atoms with E-state index in [1.807, 2.05) is 22.0 Å². The number of carbonyl (C=O) groups excluding carboxylic acids is 1. The second-order valence-corrected chi connectivity index (χ2v) is 6.93. The van der Waals surface area contributed by atoms with E-state index in [4.69, 9.17) is 5.11 Å². The topological polar surface area (TPSA) is 74.9 Å². The number of imidazole rings is 1. The quantitative estimate of drug-likeness (QED) is 0.800. The van der Waals surface area contributed by atoms with Crippen LogP contribution in [0, 0.1) is 0 Å². The first-order chi connectivity index (χ1) is 10.1. The number of carboxylic acid groups (broad SMARTS) is 1. The zero-order valence-corrected chi connectivity index (χ0v) is 12.5. The van der Waals surface area contributed by atoms with Crippen molar-refractivity contribution in [2.45, 2.75) is 18.9 Å². The van der Waals surface area contributed by atoms with Crippen molar-refractivity contribution < 1.29 is 14.7 Å². The normalized spacial score (nSPS) is 14.9. The molecule has 108 valence electrons. The van der Waals surface area contributed by atoms with Gasteiger partial charge in [0.25, 0.3) is 5.91 Å². The Morgan fingerprint density at radius 2 is 2.29 bits per heavy atom. The predicted molar refractivity (Wildman–Crippen MR) is 80.1 cm³/mol. The van der Waals surface area contributed by atoms with Crippen LogP contribution >= 0.6 is 22.7 Å². The van der Waals surface area contributed by atoms with Crippen LogP contribution in [0.4, 0.5) is 0 Å². The summed E-state index contributed by atoms with van der Waals surface area (Å²) in [4.78, 5) is 31.7. The molecule has 1 saturated carbocycles. The number of fused-ring (bicyclic) bond motifs is 3. The van der Waals surface area contributed by atoms with Gasteiger partial charge in [-0.25, -0.2) is 4.98 Å². The molecule has 1 N–H and O–H groups in total. The van der Waals surface area contributed by atoms with Gasteiger partial charge in [0.15, 0.2) is 4.96 Å². The molecule has 0 atom stereocenters. The van der Waals surface area contributed by atoms with E-state index in [0.29, 0.717) is 4.88 Å². The standard InChI is InChI=1S/C13H11N3O3S2/c17-10(18)6-16(7-1-2-7)12(19)9-5-8-11(21-9)14-13-15(8)3-4-20-13/h3-5,7H,1-2,6H2,(H,17,18). The van der Waals surface area contributed by atoms with Gasteiger partial charge in [0, 0.05) is 17.6 Å². The summed E-state index contributed by atoms with van der Waals surface area (Å²) in [6, 6.07) is 1.89. The van der Waals surface area contributed by atoms with Gasteiger partial charge in [-0.05, 0) is 18.9 Å². The third-order valence-corrected chi connectivity index (χ3v) is 5.27. The Hall–Kier alpha value is -1.93. The molecule has 1 aliphatic carbocycles. The first-order valence-corrected chi connectivity index (χ1v) is 8.21. The summed E-state index contributed by atoms with van der Waals surface area (Å²) in [6.07, 6.45) is 3.70. The van der Waals surface area contributed by atoms with Crippen LogP contribution in [-0.2, 0) is 4.79 Å². The molecular weight excluding hydrogens is 310 g/mol. The first kappa shape index (κ1) is 12.8. The minimum atomic E-state index is -0.974. The lowest BCUT2D eigenvalue weighted by Crippen LogP contribution is -2.37. The van der Waals surface area contributed by atoms with Crippen LogP contribution in [0.25, 0.3) is 15.3 Å². The predicted octanol–water partition coefficient (Wildman–Crippen LogP) is 2.30. The smallest absolute Gasteiger partial charge is 0.323 e. The fraction of sp³-hybridized carbons (Fsp3) is 0.308. The number of amides is 1. The third-order valence-electron chi connectivity index (χ3n) is 3.50. The van der Waals surface area contributed by atoms with Crippen molar-refractivity contribution >= 4 is 49.9 Å². The fourth-order valence-electron chi connectivity index (χ4n) is 2.39. The average molecular weight is 321 g/mol. The maximum Gasteiger partial charge on any atom is 0.323 e. The van der Waals surface area contributed by atoms with E-state index in [2.05, 4.69) is 4.98 Å². The van der Waals surface area contributed by atoms with E-state index in [-0.39, 0.29) is 18.5 Å². The summed E-state index contributed by atoms with van der Waals surface area (Å²) in [5.74, 6) is -1.18. The van der Waals surface area contributed by atoms with Gasteiger partial charge >= 0.3 is 5.97 Å². The molecule has 6 nitrogen and oxygen atoms in total. The van der Waals surface area contributed by atoms with Crippen LogP contribution in [0.2, 0.25) is 0 Å². The van der Waals surface area contributed by atoms with Crippen LogP contribution in [0.3, 0.4) is 0 Å². The number of aliphatic carboxylic acids is 1. The molecule has 0 unspecified atom stereocenters. The zero-order chi connectivity index (χ0) is 14.6. The van der Waals surface area contributed by atoms with Gasteiger partial charge in [-0.1, -0.05) is 0 Å². The van der Waals surface area contributed by atoms with Gasteiger partial charge in [0.1, 0.15) is 11.4 Å². The molecule has 4 rings (SSSR count). The lowest BCUT2D eigenvalue weighted by atomic mass is 10.3. The van der Waals surface area contributed by atoms with Crippen LogP contribution in [-0.4, -0.2) is 43.9 Å². The molecule has 3 heterocycles. The summed E-state index contributed by atoms with van der Waals surface area (Å²) in [6.45, 7) is -0.236. The first-order valence-electron chi connectivity index (χ1n) is 6.51. The highest BCUT2D eigenvalue weighted by atomic mass is 32.1. The number of aromatic nitrogens is 2. The molecule has 21 heavy (non-hydrogen) atoms. The number of carboxylic acids is 1. The Morgan fingerprint density at radius 3 is 3.00 bits per heavy atom. The molecule has 1 amide bonds. The molecule has 0 aliphatic heterocycles. The molecule has 3 aromatic rings. The number of hydrogen-bond acceptors (Lipinski definition) is 5. The van der Waals surface area contributed by atoms with E-state index >= 15 is 0 Å². The molecule has 0 saturated heterocycles. The second-order valence-electron chi connectivity index (χ2n) is 5.03. The molecule has 8 heteroatoms. The number of carbonyl (C=O) groups is 2. The minimum absolute atomic E-state index is 0.0758. The number of rotatable bonds is 4. The number of thiophene rings is 1. The van der Waals surface area contributed by atoms with Crippen LogP contribution < -0.4 is 0 Å². The van der Waals surface area contributed by atoms with Gasteiger partial charge in [-0.15, -0.1) is 22.7 Å². The Labute approximate surface area is 127 Å². The summed E-state index contributed by atoms with van der Waals surface area (Å²) < 4.78 is 1.95. The maximum absolute atomic E-state index is 12.5. The molecule has 0 aromatic carbocycles. The van der Waals surface area contributed by atoms with Gasteiger partial charge in [0.05, 0.1) is 10.4 Å². The Bertz CT molecular complexity index is 859. The van der Waals surface area contributed by atoms with E-state index in [0.717, 1.165) is 28.1 Å². The van der Waals surface area contributed by atoms with Gasteiger partial charge in [-0.2, -0.15) is 0 Å². The second kappa shape index (κ2) is 4.54. The third kappa shape index (κ3) is 2.11. The highest BCUT2D eigenvalue weighted by Gasteiger charge is 2.35. The summed E-state index contributed by atoms with van der Waals surface area (Å²) >= 11 is 2.87. The van der Waals surface area contributed by atoms with Gasteiger partial charge in [0.2, 0.25) is 0 Å². The van der Waals surface area contributed by atoms with Gasteiger partial charge < -0.3 is 10.0 Å². The van der Waals surface area contributed by atoms with E-state index < -0.39 is 5.97 Å². The zero-order valence-electron chi connectivity index (χ0n) is 10.9. The summed E-state index contributed by atoms with van der Waals surface area (Å²) in [5, 5.41) is 10.9. The Kier molecular flexibility index (Phi) is 2.76. The number of nitrogens with zero attached hydrogens (tertiary/aromatic N) is 3. The van der Waals surface area contributed by atoms with Gasteiger partial charge in [-0.3, -0.25) is 14.0 Å².